The van der Waals surface area contributed by atoms with Crippen LogP contribution in [0.3, 0.4) is 0 Å². The molecule has 0 saturated carbocycles. The third kappa shape index (κ3) is 2.48. The number of ketones is 1. The summed E-state index contributed by atoms with van der Waals surface area (Å²) in [7, 11) is 1.49. The molecular formula is C13H14ClNO3. The van der Waals surface area contributed by atoms with Gasteiger partial charge in [-0.2, -0.15) is 0 Å². The van der Waals surface area contributed by atoms with Gasteiger partial charge in [-0.25, -0.2) is 0 Å². The van der Waals surface area contributed by atoms with Crippen molar-refractivity contribution in [2.45, 2.75) is 19.3 Å². The van der Waals surface area contributed by atoms with Gasteiger partial charge in [0.25, 0.3) is 0 Å². The highest BCUT2D eigenvalue weighted by Gasteiger charge is 2.19. The maximum atomic E-state index is 11.7. The van der Waals surface area contributed by atoms with Crippen LogP contribution in [-0.2, 0) is 11.2 Å². The van der Waals surface area contributed by atoms with Gasteiger partial charge in [0.1, 0.15) is 5.75 Å². The lowest BCUT2D eigenvalue weighted by molar-refractivity contribution is -0.116. The molecule has 0 aromatic heterocycles. The average molecular weight is 268 g/mol. The first-order chi connectivity index (χ1) is 8.65. The standard InChI is InChI=1S/C13H14ClNO3/c1-18-12-6-10-8(3-2-4-13(17)15-10)5-9(12)11(16)7-14/h5-6H,2-4,7H2,1H3,(H,15,17). The SMILES string of the molecule is COc1cc2c(cc1C(=O)CCl)CCCC(=O)N2. The molecule has 1 N–H and O–H groups in total. The minimum atomic E-state index is -0.174. The largest absolute Gasteiger partial charge is 0.496 e. The summed E-state index contributed by atoms with van der Waals surface area (Å²) in [6.45, 7) is 0. The number of alkyl halides is 1. The van der Waals surface area contributed by atoms with Crippen LogP contribution in [0.4, 0.5) is 5.69 Å². The molecule has 2 rings (SSSR count). The summed E-state index contributed by atoms with van der Waals surface area (Å²) in [4.78, 5) is 23.2. The molecule has 0 saturated heterocycles. The zero-order valence-corrected chi connectivity index (χ0v) is 10.8. The number of carbonyl (C=O) groups is 2. The van der Waals surface area contributed by atoms with Crippen LogP contribution in [0.1, 0.15) is 28.8 Å². The molecule has 0 bridgehead atoms. The maximum Gasteiger partial charge on any atom is 0.224 e. The van der Waals surface area contributed by atoms with Crippen molar-refractivity contribution in [3.8, 4) is 5.75 Å². The van der Waals surface area contributed by atoms with Gasteiger partial charge in [0.2, 0.25) is 5.91 Å². The van der Waals surface area contributed by atoms with Crippen molar-refractivity contribution in [1.29, 1.82) is 0 Å². The number of nitrogens with one attached hydrogen (secondary N) is 1. The Labute approximate surface area is 110 Å². The Hall–Kier alpha value is -1.55. The molecule has 0 aliphatic carbocycles. The Kier molecular flexibility index (Phi) is 3.87. The van der Waals surface area contributed by atoms with Gasteiger partial charge in [-0.1, -0.05) is 0 Å². The number of anilines is 1. The summed E-state index contributed by atoms with van der Waals surface area (Å²) in [6.07, 6.45) is 2.04. The van der Waals surface area contributed by atoms with E-state index < -0.39 is 0 Å². The highest BCUT2D eigenvalue weighted by Crippen LogP contribution is 2.30. The van der Waals surface area contributed by atoms with Crippen molar-refractivity contribution in [2.75, 3.05) is 18.3 Å². The molecule has 96 valence electrons. The number of aryl methyl sites for hydroxylation is 1. The van der Waals surface area contributed by atoms with Gasteiger partial charge in [0, 0.05) is 18.2 Å². The molecule has 1 aliphatic rings. The Morgan fingerprint density at radius 2 is 2.22 bits per heavy atom. The Balaban J connectivity index is 2.49. The van der Waals surface area contributed by atoms with E-state index in [2.05, 4.69) is 5.32 Å². The third-order valence-corrected chi connectivity index (χ3v) is 3.21. The van der Waals surface area contributed by atoms with Gasteiger partial charge in [-0.05, 0) is 24.5 Å². The number of benzene rings is 1. The number of carbonyl (C=O) groups excluding carboxylic acids is 2. The summed E-state index contributed by atoms with van der Waals surface area (Å²) in [6, 6.07) is 3.46. The van der Waals surface area contributed by atoms with Crippen LogP contribution < -0.4 is 10.1 Å². The Morgan fingerprint density at radius 3 is 2.89 bits per heavy atom. The van der Waals surface area contributed by atoms with Crippen molar-refractivity contribution >= 4 is 29.0 Å². The molecule has 5 heteroatoms. The predicted molar refractivity (Wildman–Crippen MR) is 69.6 cm³/mol. The van der Waals surface area contributed by atoms with Crippen LogP contribution in [0, 0.1) is 0 Å². The summed E-state index contributed by atoms with van der Waals surface area (Å²) in [5.41, 5.74) is 2.15. The molecular weight excluding hydrogens is 254 g/mol. The van der Waals surface area contributed by atoms with Crippen LogP contribution in [-0.4, -0.2) is 24.7 Å². The summed E-state index contributed by atoms with van der Waals surface area (Å²) >= 11 is 5.58. The number of amides is 1. The molecule has 0 unspecified atom stereocenters. The van der Waals surface area contributed by atoms with E-state index in [9.17, 15) is 9.59 Å². The normalized spacial score (nSPS) is 14.4. The minimum Gasteiger partial charge on any atom is -0.496 e. The molecule has 1 aliphatic heterocycles. The van der Waals surface area contributed by atoms with Gasteiger partial charge >= 0.3 is 0 Å². The van der Waals surface area contributed by atoms with E-state index in [-0.39, 0.29) is 17.6 Å². The van der Waals surface area contributed by atoms with Crippen LogP contribution in [0.15, 0.2) is 12.1 Å². The van der Waals surface area contributed by atoms with Crippen LogP contribution >= 0.6 is 11.6 Å². The lowest BCUT2D eigenvalue weighted by atomic mass is 10.0. The number of hydrogen-bond acceptors (Lipinski definition) is 3. The Morgan fingerprint density at radius 1 is 1.44 bits per heavy atom. The van der Waals surface area contributed by atoms with Crippen LogP contribution in [0.2, 0.25) is 0 Å². The van der Waals surface area contributed by atoms with Crippen LogP contribution in [0.5, 0.6) is 5.75 Å². The fourth-order valence-electron chi connectivity index (χ4n) is 2.06. The lowest BCUT2D eigenvalue weighted by Crippen LogP contribution is -2.10. The van der Waals surface area contributed by atoms with E-state index in [1.54, 1.807) is 12.1 Å². The van der Waals surface area contributed by atoms with Gasteiger partial charge < -0.3 is 10.1 Å². The molecule has 4 nitrogen and oxygen atoms in total. The smallest absolute Gasteiger partial charge is 0.224 e. The van der Waals surface area contributed by atoms with Gasteiger partial charge in [0.15, 0.2) is 5.78 Å². The molecule has 1 heterocycles. The molecule has 0 radical (unpaired) electrons. The van der Waals surface area contributed by atoms with E-state index in [0.717, 1.165) is 24.1 Å². The fourth-order valence-corrected chi connectivity index (χ4v) is 2.20. The highest BCUT2D eigenvalue weighted by molar-refractivity contribution is 6.30. The van der Waals surface area contributed by atoms with E-state index in [1.165, 1.54) is 7.11 Å². The average Bonchev–Trinajstić information content (AvgIpc) is 2.56. The number of ether oxygens (including phenoxy) is 1. The second kappa shape index (κ2) is 5.40. The first-order valence-corrected chi connectivity index (χ1v) is 6.29. The summed E-state index contributed by atoms with van der Waals surface area (Å²) in [5, 5.41) is 2.82. The second-order valence-corrected chi connectivity index (χ2v) is 4.44. The Bertz CT molecular complexity index is 499. The van der Waals surface area contributed by atoms with Crippen molar-refractivity contribution in [3.63, 3.8) is 0 Å². The molecule has 1 aromatic rings. The monoisotopic (exact) mass is 267 g/mol. The van der Waals surface area contributed by atoms with E-state index in [4.69, 9.17) is 16.3 Å². The quantitative estimate of drug-likeness (QED) is 0.676. The van der Waals surface area contributed by atoms with Crippen molar-refractivity contribution in [2.24, 2.45) is 0 Å². The fraction of sp³-hybridized carbons (Fsp3) is 0.385. The molecule has 1 aromatic carbocycles. The van der Waals surface area contributed by atoms with Crippen molar-refractivity contribution < 1.29 is 14.3 Å². The van der Waals surface area contributed by atoms with Crippen molar-refractivity contribution in [1.82, 2.24) is 0 Å². The van der Waals surface area contributed by atoms with Gasteiger partial charge in [0.05, 0.1) is 18.6 Å². The molecule has 1 amide bonds. The van der Waals surface area contributed by atoms with E-state index >= 15 is 0 Å². The summed E-state index contributed by atoms with van der Waals surface area (Å²) in [5.74, 6) is 0.183. The topological polar surface area (TPSA) is 55.4 Å². The van der Waals surface area contributed by atoms with Crippen molar-refractivity contribution in [3.05, 3.63) is 23.3 Å². The number of rotatable bonds is 3. The van der Waals surface area contributed by atoms with E-state index in [0.29, 0.717) is 17.7 Å². The van der Waals surface area contributed by atoms with Gasteiger partial charge in [-0.15, -0.1) is 11.6 Å². The zero-order chi connectivity index (χ0) is 13.1. The first kappa shape index (κ1) is 12.9. The molecule has 0 spiro atoms. The molecule has 0 fully saturated rings. The lowest BCUT2D eigenvalue weighted by Gasteiger charge is -2.12. The molecule has 18 heavy (non-hydrogen) atoms. The first-order valence-electron chi connectivity index (χ1n) is 5.75. The van der Waals surface area contributed by atoms with Gasteiger partial charge in [-0.3, -0.25) is 9.59 Å². The van der Waals surface area contributed by atoms with Crippen LogP contribution in [0.25, 0.3) is 0 Å². The minimum absolute atomic E-state index is 0.00720. The predicted octanol–water partition coefficient (Wildman–Crippen LogP) is 2.39. The maximum absolute atomic E-state index is 11.7. The third-order valence-electron chi connectivity index (χ3n) is 2.97. The number of halogens is 1. The molecule has 0 atom stereocenters. The number of Topliss-reactive ketones (excluding diaryl/α,β-unsaturated/α-hetero) is 1. The number of hydrogen-bond donors (Lipinski definition) is 1. The highest BCUT2D eigenvalue weighted by atomic mass is 35.5. The second-order valence-electron chi connectivity index (χ2n) is 4.17. The number of fused-ring (bicyclic) bond motifs is 1. The zero-order valence-electron chi connectivity index (χ0n) is 10.1. The van der Waals surface area contributed by atoms with E-state index in [1.807, 2.05) is 0 Å². The summed E-state index contributed by atoms with van der Waals surface area (Å²) < 4.78 is 5.18. The number of methoxy groups -OCH3 is 1.